The number of benzene rings is 1. The Hall–Kier alpha value is -2.87. The summed E-state index contributed by atoms with van der Waals surface area (Å²) in [6, 6.07) is 9.53. The second-order valence-corrected chi connectivity index (χ2v) is 8.27. The number of piperazine rings is 1. The summed E-state index contributed by atoms with van der Waals surface area (Å²) in [6.07, 6.45) is 5.45. The van der Waals surface area contributed by atoms with Gasteiger partial charge in [-0.25, -0.2) is 9.97 Å². The number of ether oxygens (including phenoxy) is 2. The summed E-state index contributed by atoms with van der Waals surface area (Å²) in [5.74, 6) is 2.54. The van der Waals surface area contributed by atoms with Crippen molar-refractivity contribution in [2.24, 2.45) is 0 Å². The molecule has 0 saturated carbocycles. The molecular formula is C24H33N5O3. The van der Waals surface area contributed by atoms with Gasteiger partial charge in [-0.2, -0.15) is 0 Å². The van der Waals surface area contributed by atoms with E-state index in [4.69, 9.17) is 9.47 Å². The van der Waals surface area contributed by atoms with Gasteiger partial charge in [0.25, 0.3) is 0 Å². The minimum absolute atomic E-state index is 0.119. The average Bonchev–Trinajstić information content (AvgIpc) is 2.86. The number of rotatable bonds is 7. The number of hydrogen-bond acceptors (Lipinski definition) is 7. The van der Waals surface area contributed by atoms with Crippen LogP contribution < -0.4 is 14.4 Å². The molecule has 8 nitrogen and oxygen atoms in total. The van der Waals surface area contributed by atoms with E-state index in [1.807, 2.05) is 49.1 Å². The first-order valence-corrected chi connectivity index (χ1v) is 11.6. The molecule has 32 heavy (non-hydrogen) atoms. The van der Waals surface area contributed by atoms with Crippen LogP contribution in [-0.4, -0.2) is 83.7 Å². The maximum absolute atomic E-state index is 13.1. The molecule has 4 rings (SSSR count). The normalized spacial score (nSPS) is 18.9. The predicted molar refractivity (Wildman–Crippen MR) is 123 cm³/mol. The highest BCUT2D eigenvalue weighted by molar-refractivity contribution is 5.81. The van der Waals surface area contributed by atoms with Crippen LogP contribution in [0.25, 0.3) is 0 Å². The largest absolute Gasteiger partial charge is 0.490 e. The highest BCUT2D eigenvalue weighted by Crippen LogP contribution is 2.29. The van der Waals surface area contributed by atoms with Crippen LogP contribution in [0.2, 0.25) is 0 Å². The van der Waals surface area contributed by atoms with Crippen molar-refractivity contribution in [1.29, 1.82) is 0 Å². The van der Waals surface area contributed by atoms with Gasteiger partial charge in [0.1, 0.15) is 6.10 Å². The monoisotopic (exact) mass is 439 g/mol. The molecule has 0 spiro atoms. The number of likely N-dealkylation sites (tertiary alicyclic amines) is 1. The van der Waals surface area contributed by atoms with Crippen molar-refractivity contribution in [3.8, 4) is 11.5 Å². The van der Waals surface area contributed by atoms with Gasteiger partial charge in [0, 0.05) is 51.7 Å². The minimum atomic E-state index is -0.119. The van der Waals surface area contributed by atoms with Crippen molar-refractivity contribution in [2.45, 2.75) is 38.8 Å². The molecule has 3 heterocycles. The molecule has 8 heteroatoms. The SMILES string of the molecule is CCOc1ccccc1OC1CCN(C(C)C(=O)N2CCN(c3ncccn3)CC2)CC1. The summed E-state index contributed by atoms with van der Waals surface area (Å²) in [7, 11) is 0. The summed E-state index contributed by atoms with van der Waals surface area (Å²) in [6.45, 7) is 9.26. The van der Waals surface area contributed by atoms with E-state index >= 15 is 0 Å². The molecule has 0 aliphatic carbocycles. The number of amides is 1. The van der Waals surface area contributed by atoms with Crippen LogP contribution in [-0.2, 0) is 4.79 Å². The third-order valence-electron chi connectivity index (χ3n) is 6.25. The smallest absolute Gasteiger partial charge is 0.239 e. The molecular weight excluding hydrogens is 406 g/mol. The first kappa shape index (κ1) is 22.3. The lowest BCUT2D eigenvalue weighted by molar-refractivity contribution is -0.137. The summed E-state index contributed by atoms with van der Waals surface area (Å²) >= 11 is 0. The Morgan fingerprint density at radius 2 is 1.66 bits per heavy atom. The van der Waals surface area contributed by atoms with Gasteiger partial charge in [-0.05, 0) is 44.9 Å². The van der Waals surface area contributed by atoms with Crippen molar-refractivity contribution in [2.75, 3.05) is 50.8 Å². The standard InChI is InChI=1S/C24H33N5O3/c1-3-31-21-7-4-5-8-22(21)32-20-9-13-27(14-10-20)19(2)23(30)28-15-17-29(18-16-28)24-25-11-6-12-26-24/h4-8,11-12,19-20H,3,9-10,13-18H2,1-2H3. The fourth-order valence-electron chi connectivity index (χ4n) is 4.38. The Labute approximate surface area is 190 Å². The van der Waals surface area contributed by atoms with Crippen molar-refractivity contribution >= 4 is 11.9 Å². The zero-order chi connectivity index (χ0) is 22.3. The molecule has 1 aromatic carbocycles. The second kappa shape index (κ2) is 10.6. The Bertz CT molecular complexity index is 865. The first-order valence-electron chi connectivity index (χ1n) is 11.6. The molecule has 2 aromatic rings. The van der Waals surface area contributed by atoms with E-state index in [0.717, 1.165) is 56.5 Å². The van der Waals surface area contributed by atoms with Crippen LogP contribution in [0, 0.1) is 0 Å². The zero-order valence-electron chi connectivity index (χ0n) is 19.0. The van der Waals surface area contributed by atoms with Crippen LogP contribution in [0.4, 0.5) is 5.95 Å². The van der Waals surface area contributed by atoms with E-state index < -0.39 is 0 Å². The fourth-order valence-corrected chi connectivity index (χ4v) is 4.38. The molecule has 1 aromatic heterocycles. The van der Waals surface area contributed by atoms with Gasteiger partial charge in [-0.3, -0.25) is 9.69 Å². The molecule has 2 aliphatic rings. The Balaban J connectivity index is 1.25. The molecule has 172 valence electrons. The van der Waals surface area contributed by atoms with Gasteiger partial charge >= 0.3 is 0 Å². The first-order chi connectivity index (χ1) is 15.7. The number of para-hydroxylation sites is 2. The zero-order valence-corrected chi connectivity index (χ0v) is 19.0. The van der Waals surface area contributed by atoms with Gasteiger partial charge in [-0.1, -0.05) is 12.1 Å². The predicted octanol–water partition coefficient (Wildman–Crippen LogP) is 2.46. The summed E-state index contributed by atoms with van der Waals surface area (Å²) in [4.78, 5) is 28.1. The number of aromatic nitrogens is 2. The number of hydrogen-bond donors (Lipinski definition) is 0. The van der Waals surface area contributed by atoms with E-state index in [1.54, 1.807) is 12.4 Å². The molecule has 2 saturated heterocycles. The Morgan fingerprint density at radius 3 is 2.31 bits per heavy atom. The second-order valence-electron chi connectivity index (χ2n) is 8.27. The van der Waals surface area contributed by atoms with E-state index in [0.29, 0.717) is 19.7 Å². The highest BCUT2D eigenvalue weighted by atomic mass is 16.5. The highest BCUT2D eigenvalue weighted by Gasteiger charge is 2.32. The van der Waals surface area contributed by atoms with Crippen molar-refractivity contribution in [3.05, 3.63) is 42.7 Å². The number of nitrogens with zero attached hydrogens (tertiary/aromatic N) is 5. The Morgan fingerprint density at radius 1 is 1.00 bits per heavy atom. The molecule has 0 N–H and O–H groups in total. The van der Waals surface area contributed by atoms with Crippen molar-refractivity contribution in [1.82, 2.24) is 19.8 Å². The third-order valence-corrected chi connectivity index (χ3v) is 6.25. The lowest BCUT2D eigenvalue weighted by Crippen LogP contribution is -2.55. The molecule has 2 fully saturated rings. The van der Waals surface area contributed by atoms with E-state index in [2.05, 4.69) is 19.8 Å². The van der Waals surface area contributed by atoms with Gasteiger partial charge in [-0.15, -0.1) is 0 Å². The van der Waals surface area contributed by atoms with Crippen LogP contribution in [0.3, 0.4) is 0 Å². The van der Waals surface area contributed by atoms with Gasteiger partial charge in [0.05, 0.1) is 12.6 Å². The third kappa shape index (κ3) is 5.30. The minimum Gasteiger partial charge on any atom is -0.490 e. The lowest BCUT2D eigenvalue weighted by atomic mass is 10.0. The lowest BCUT2D eigenvalue weighted by Gasteiger charge is -2.40. The summed E-state index contributed by atoms with van der Waals surface area (Å²) in [5, 5.41) is 0. The van der Waals surface area contributed by atoms with Crippen LogP contribution in [0.1, 0.15) is 26.7 Å². The maximum Gasteiger partial charge on any atom is 0.239 e. The molecule has 0 bridgehead atoms. The molecule has 1 unspecified atom stereocenters. The number of carbonyl (C=O) groups excluding carboxylic acids is 1. The Kier molecular flexibility index (Phi) is 7.42. The topological polar surface area (TPSA) is 71.0 Å². The van der Waals surface area contributed by atoms with Crippen molar-refractivity contribution < 1.29 is 14.3 Å². The van der Waals surface area contributed by atoms with Crippen molar-refractivity contribution in [3.63, 3.8) is 0 Å². The number of carbonyl (C=O) groups is 1. The number of anilines is 1. The fraction of sp³-hybridized carbons (Fsp3) is 0.542. The summed E-state index contributed by atoms with van der Waals surface area (Å²) in [5.41, 5.74) is 0. The molecule has 1 atom stereocenters. The molecule has 0 radical (unpaired) electrons. The van der Waals surface area contributed by atoms with E-state index in [-0.39, 0.29) is 18.1 Å². The number of piperidine rings is 1. The van der Waals surface area contributed by atoms with Crippen LogP contribution in [0.5, 0.6) is 11.5 Å². The average molecular weight is 440 g/mol. The van der Waals surface area contributed by atoms with E-state index in [1.165, 1.54) is 0 Å². The van der Waals surface area contributed by atoms with Gasteiger partial charge < -0.3 is 19.3 Å². The van der Waals surface area contributed by atoms with E-state index in [9.17, 15) is 4.79 Å². The quantitative estimate of drug-likeness (QED) is 0.656. The van der Waals surface area contributed by atoms with Crippen LogP contribution >= 0.6 is 0 Å². The molecule has 2 aliphatic heterocycles. The van der Waals surface area contributed by atoms with Gasteiger partial charge in [0.15, 0.2) is 11.5 Å². The van der Waals surface area contributed by atoms with Gasteiger partial charge in [0.2, 0.25) is 11.9 Å². The summed E-state index contributed by atoms with van der Waals surface area (Å²) < 4.78 is 11.9. The molecule has 1 amide bonds. The maximum atomic E-state index is 13.1. The van der Waals surface area contributed by atoms with Crippen LogP contribution in [0.15, 0.2) is 42.7 Å².